The first-order valence-corrected chi connectivity index (χ1v) is 8.43. The van der Waals surface area contributed by atoms with E-state index in [2.05, 4.69) is 17.1 Å². The van der Waals surface area contributed by atoms with Crippen molar-refractivity contribution in [3.8, 4) is 0 Å². The monoisotopic (exact) mass is 320 g/mol. The van der Waals surface area contributed by atoms with E-state index in [-0.39, 0.29) is 5.91 Å². The summed E-state index contributed by atoms with van der Waals surface area (Å²) >= 11 is 0. The molecule has 123 valence electrons. The van der Waals surface area contributed by atoms with Crippen LogP contribution in [0.2, 0.25) is 0 Å². The van der Waals surface area contributed by atoms with Gasteiger partial charge in [-0.3, -0.25) is 9.79 Å². The Labute approximate surface area is 143 Å². The van der Waals surface area contributed by atoms with Crippen LogP contribution in [-0.4, -0.2) is 24.3 Å². The summed E-state index contributed by atoms with van der Waals surface area (Å²) in [6.45, 7) is 2.66. The topological polar surface area (TPSA) is 56.5 Å². The smallest absolute Gasteiger partial charge is 0.267 e. The molecule has 1 N–H and O–H groups in total. The molecule has 1 unspecified atom stereocenters. The molecule has 1 amide bonds. The number of hydrogen-bond acceptors (Lipinski definition) is 2. The van der Waals surface area contributed by atoms with Gasteiger partial charge < -0.3 is 4.90 Å². The largest absolute Gasteiger partial charge is 0.309 e. The molecule has 3 rings (SSSR count). The van der Waals surface area contributed by atoms with Crippen LogP contribution in [0.25, 0.3) is 0 Å². The fourth-order valence-corrected chi connectivity index (χ4v) is 3.06. The normalized spacial score (nSPS) is 17.2. The molecule has 1 radical (unpaired) electrons. The van der Waals surface area contributed by atoms with E-state index < -0.39 is 6.17 Å². The zero-order chi connectivity index (χ0) is 16.9. The molecule has 1 heterocycles. The van der Waals surface area contributed by atoms with Gasteiger partial charge in [0.05, 0.1) is 5.69 Å². The maximum atomic E-state index is 12.5. The maximum Gasteiger partial charge on any atom is 0.267 e. The van der Waals surface area contributed by atoms with Gasteiger partial charge in [0.25, 0.3) is 5.91 Å². The highest BCUT2D eigenvalue weighted by atomic mass is 16.2. The number of carbonyl (C=O) groups is 1. The Morgan fingerprint density at radius 1 is 1.04 bits per heavy atom. The number of fused-ring (bicyclic) bond motifs is 1. The molecular formula is C20H22N3O. The van der Waals surface area contributed by atoms with Gasteiger partial charge in [-0.2, -0.15) is 0 Å². The van der Waals surface area contributed by atoms with Gasteiger partial charge in [-0.1, -0.05) is 55.5 Å². The molecule has 0 fully saturated rings. The van der Waals surface area contributed by atoms with Gasteiger partial charge in [-0.05, 0) is 30.9 Å². The van der Waals surface area contributed by atoms with Gasteiger partial charge in [0, 0.05) is 17.8 Å². The van der Waals surface area contributed by atoms with Crippen molar-refractivity contribution in [2.45, 2.75) is 32.4 Å². The Kier molecular flexibility index (Phi) is 5.06. The first-order chi connectivity index (χ1) is 11.7. The standard InChI is InChI=1S/C20H22N3O/c1-2-14-23-18-11-7-6-10-16(18)17(22-19(21)20(23)24)13-12-15-8-4-3-5-9-15/h3-11,19,21H,2,12-14H2,1H3. The molecule has 0 aliphatic carbocycles. The zero-order valence-corrected chi connectivity index (χ0v) is 13.9. The van der Waals surface area contributed by atoms with Crippen molar-refractivity contribution in [1.29, 1.82) is 0 Å². The predicted octanol–water partition coefficient (Wildman–Crippen LogP) is 3.47. The minimum absolute atomic E-state index is 0.237. The van der Waals surface area contributed by atoms with Crippen molar-refractivity contribution in [2.24, 2.45) is 4.99 Å². The molecule has 0 saturated heterocycles. The van der Waals surface area contributed by atoms with Gasteiger partial charge in [0.2, 0.25) is 0 Å². The van der Waals surface area contributed by atoms with E-state index in [1.807, 2.05) is 49.4 Å². The number of aryl methyl sites for hydroxylation is 1. The molecular weight excluding hydrogens is 298 g/mol. The fourth-order valence-electron chi connectivity index (χ4n) is 3.06. The lowest BCUT2D eigenvalue weighted by Gasteiger charge is -2.23. The van der Waals surface area contributed by atoms with Crippen LogP contribution in [0.3, 0.4) is 0 Å². The Hall–Kier alpha value is -2.46. The molecule has 0 aromatic heterocycles. The summed E-state index contributed by atoms with van der Waals surface area (Å²) < 4.78 is 0. The summed E-state index contributed by atoms with van der Waals surface area (Å²) in [5.41, 5.74) is 12.1. The number of rotatable bonds is 5. The van der Waals surface area contributed by atoms with Crippen molar-refractivity contribution < 1.29 is 4.79 Å². The molecule has 1 atom stereocenters. The number of amides is 1. The van der Waals surface area contributed by atoms with Crippen molar-refractivity contribution in [3.63, 3.8) is 0 Å². The molecule has 1 aliphatic rings. The molecule has 4 heteroatoms. The number of benzene rings is 2. The summed E-state index contributed by atoms with van der Waals surface area (Å²) in [5, 5.41) is 0. The lowest BCUT2D eigenvalue weighted by molar-refractivity contribution is -0.119. The van der Waals surface area contributed by atoms with E-state index in [1.54, 1.807) is 4.90 Å². The van der Waals surface area contributed by atoms with E-state index in [9.17, 15) is 4.79 Å². The fraction of sp³-hybridized carbons (Fsp3) is 0.300. The van der Waals surface area contributed by atoms with Crippen LogP contribution in [-0.2, 0) is 11.2 Å². The minimum atomic E-state index is -1.07. The van der Waals surface area contributed by atoms with Crippen LogP contribution in [0.15, 0.2) is 59.6 Å². The Morgan fingerprint density at radius 2 is 1.75 bits per heavy atom. The van der Waals surface area contributed by atoms with E-state index in [0.29, 0.717) is 6.54 Å². The predicted molar refractivity (Wildman–Crippen MR) is 97.3 cm³/mol. The highest BCUT2D eigenvalue weighted by molar-refractivity contribution is 6.12. The highest BCUT2D eigenvalue weighted by Gasteiger charge is 2.28. The summed E-state index contributed by atoms with van der Waals surface area (Å²) in [4.78, 5) is 18.7. The van der Waals surface area contributed by atoms with E-state index in [1.165, 1.54) is 5.56 Å². The average Bonchev–Trinajstić information content (AvgIpc) is 2.72. The van der Waals surface area contributed by atoms with Gasteiger partial charge in [-0.15, -0.1) is 0 Å². The number of aliphatic imine (C=N–C) groups is 1. The second kappa shape index (κ2) is 7.41. The van der Waals surface area contributed by atoms with Gasteiger partial charge >= 0.3 is 0 Å². The quantitative estimate of drug-likeness (QED) is 0.832. The lowest BCUT2D eigenvalue weighted by Crippen LogP contribution is -2.39. The van der Waals surface area contributed by atoms with Crippen molar-refractivity contribution in [2.75, 3.05) is 11.4 Å². The first-order valence-electron chi connectivity index (χ1n) is 8.43. The summed E-state index contributed by atoms with van der Waals surface area (Å²) in [6, 6.07) is 18.1. The number of para-hydroxylation sites is 1. The maximum absolute atomic E-state index is 12.5. The highest BCUT2D eigenvalue weighted by Crippen LogP contribution is 2.27. The molecule has 0 bridgehead atoms. The molecule has 24 heavy (non-hydrogen) atoms. The summed E-state index contributed by atoms with van der Waals surface area (Å²) in [7, 11) is 0. The van der Waals surface area contributed by atoms with Crippen LogP contribution in [0.1, 0.15) is 30.9 Å². The Morgan fingerprint density at radius 3 is 2.50 bits per heavy atom. The van der Waals surface area contributed by atoms with Crippen molar-refractivity contribution in [1.82, 2.24) is 5.73 Å². The third-order valence-electron chi connectivity index (χ3n) is 4.23. The van der Waals surface area contributed by atoms with Crippen LogP contribution in [0, 0.1) is 0 Å². The number of carbonyl (C=O) groups excluding carboxylic acids is 1. The van der Waals surface area contributed by atoms with Gasteiger partial charge in [0.15, 0.2) is 6.17 Å². The molecule has 2 aromatic carbocycles. The van der Waals surface area contributed by atoms with Crippen molar-refractivity contribution >= 4 is 17.3 Å². The van der Waals surface area contributed by atoms with Crippen LogP contribution >= 0.6 is 0 Å². The Balaban J connectivity index is 1.93. The first kappa shape index (κ1) is 16.4. The number of nitrogens with one attached hydrogen (secondary N) is 1. The SMILES string of the molecule is CCCN1C(=O)C([NH])N=C(CCc2ccccc2)c2ccccc21. The van der Waals surface area contributed by atoms with Gasteiger partial charge in [-0.25, -0.2) is 5.73 Å². The Bertz CT molecular complexity index is 740. The third kappa shape index (κ3) is 3.39. The van der Waals surface area contributed by atoms with Crippen LogP contribution in [0.5, 0.6) is 0 Å². The number of nitrogens with zero attached hydrogens (tertiary/aromatic N) is 2. The average molecular weight is 320 g/mol. The number of hydrogen-bond donors (Lipinski definition) is 0. The number of benzodiazepines with no additional fused rings is 1. The van der Waals surface area contributed by atoms with Crippen molar-refractivity contribution in [3.05, 3.63) is 65.7 Å². The number of anilines is 1. The zero-order valence-electron chi connectivity index (χ0n) is 13.9. The molecule has 0 saturated carbocycles. The van der Waals surface area contributed by atoms with Gasteiger partial charge in [0.1, 0.15) is 0 Å². The van der Waals surface area contributed by atoms with E-state index in [4.69, 9.17) is 5.73 Å². The van der Waals surface area contributed by atoms with Crippen LogP contribution < -0.4 is 10.6 Å². The second-order valence-electron chi connectivity index (χ2n) is 5.97. The molecule has 2 aromatic rings. The second-order valence-corrected chi connectivity index (χ2v) is 5.97. The van der Waals surface area contributed by atoms with E-state index >= 15 is 0 Å². The van der Waals surface area contributed by atoms with E-state index in [0.717, 1.165) is 36.2 Å². The van der Waals surface area contributed by atoms with Crippen LogP contribution in [0.4, 0.5) is 5.69 Å². The molecule has 4 nitrogen and oxygen atoms in total. The minimum Gasteiger partial charge on any atom is -0.309 e. The molecule has 0 spiro atoms. The third-order valence-corrected chi connectivity index (χ3v) is 4.23. The lowest BCUT2D eigenvalue weighted by atomic mass is 10.00. The summed E-state index contributed by atoms with van der Waals surface area (Å²) in [6.07, 6.45) is 1.35. The molecule has 1 aliphatic heterocycles. The summed E-state index contributed by atoms with van der Waals surface area (Å²) in [5.74, 6) is -0.237.